The van der Waals surface area contributed by atoms with Crippen molar-refractivity contribution >= 4 is 53.7 Å². The Hall–Kier alpha value is -6.26. The van der Waals surface area contributed by atoms with Gasteiger partial charge in [0.1, 0.15) is 0 Å². The van der Waals surface area contributed by atoms with E-state index in [9.17, 15) is 0 Å². The maximum Gasteiger partial charge on any atom is 0.0541 e. The van der Waals surface area contributed by atoms with Crippen molar-refractivity contribution in [2.75, 3.05) is 0 Å². The van der Waals surface area contributed by atoms with E-state index in [1.165, 1.54) is 371 Å². The van der Waals surface area contributed by atoms with E-state index in [1.54, 1.807) is 33.4 Å². The van der Waals surface area contributed by atoms with E-state index in [2.05, 4.69) is 283 Å². The van der Waals surface area contributed by atoms with E-state index < -0.39 is 0 Å². The van der Waals surface area contributed by atoms with Crippen LogP contribution in [-0.2, 0) is 27.1 Å². The Morgan fingerprint density at radius 1 is 0.233 bits per heavy atom. The smallest absolute Gasteiger partial charge is 0.0541 e. The first-order valence-electron chi connectivity index (χ1n) is 47.8. The summed E-state index contributed by atoms with van der Waals surface area (Å²) in [6.45, 7) is 28.4. The van der Waals surface area contributed by atoms with Crippen LogP contribution in [0.5, 0.6) is 0 Å². The van der Waals surface area contributed by atoms with Gasteiger partial charge in [-0.15, -0.1) is 0 Å². The highest BCUT2D eigenvalue weighted by Crippen LogP contribution is 2.60. The lowest BCUT2D eigenvalue weighted by molar-refractivity contribution is 0.398. The molecule has 3 aliphatic carbocycles. The molecular weight excluding hydrogens is 1530 g/mol. The summed E-state index contributed by atoms with van der Waals surface area (Å²) in [6.07, 6.45) is 53.9. The molecule has 0 atom stereocenters. The molecule has 116 heavy (non-hydrogen) atoms. The van der Waals surface area contributed by atoms with Crippen LogP contribution >= 0.6 is 31.9 Å². The molecule has 0 radical (unpaired) electrons. The van der Waals surface area contributed by atoms with E-state index >= 15 is 0 Å². The first-order chi connectivity index (χ1) is 56.3. The summed E-state index contributed by atoms with van der Waals surface area (Å²) in [4.78, 5) is 0. The molecule has 0 unspecified atom stereocenters. The van der Waals surface area contributed by atoms with E-state index in [4.69, 9.17) is 0 Å². The summed E-state index contributed by atoms with van der Waals surface area (Å²) >= 11 is 8.19. The minimum absolute atomic E-state index is 0.0243. The maximum atomic E-state index is 4.10. The molecule has 1 heterocycles. The summed E-state index contributed by atoms with van der Waals surface area (Å²) in [6, 6.07) is 68.9. The molecule has 1 aromatic heterocycles. The second-order valence-electron chi connectivity index (χ2n) is 38.8. The molecule has 0 N–H and O–H groups in total. The van der Waals surface area contributed by atoms with Gasteiger partial charge in [0.25, 0.3) is 0 Å². The predicted molar refractivity (Wildman–Crippen MR) is 516 cm³/mol. The fraction of sp³-hybridized carbons (Fsp3) is 0.522. The third kappa shape index (κ3) is 19.4. The fourth-order valence-electron chi connectivity index (χ4n) is 21.7. The minimum Gasteiger partial charge on any atom is -0.309 e. The highest BCUT2D eigenvalue weighted by Gasteiger charge is 2.46. The minimum atomic E-state index is -0.164. The summed E-state index contributed by atoms with van der Waals surface area (Å²) in [7, 11) is 0. The van der Waals surface area contributed by atoms with Gasteiger partial charge in [0, 0.05) is 41.7 Å². The van der Waals surface area contributed by atoms with Crippen LogP contribution in [0.3, 0.4) is 0 Å². The molecule has 0 saturated heterocycles. The number of benzene rings is 9. The van der Waals surface area contributed by atoms with E-state index in [-0.39, 0.29) is 27.1 Å². The van der Waals surface area contributed by atoms with Crippen molar-refractivity contribution in [1.29, 1.82) is 0 Å². The summed E-state index contributed by atoms with van der Waals surface area (Å²) in [5.74, 6) is 0. The summed E-state index contributed by atoms with van der Waals surface area (Å²) in [5, 5.41) is 2.72. The summed E-state index contributed by atoms with van der Waals surface area (Å²) in [5.41, 5.74) is 32.6. The molecule has 0 spiro atoms. The van der Waals surface area contributed by atoms with Gasteiger partial charge in [0.2, 0.25) is 0 Å². The topological polar surface area (TPSA) is 4.93 Å². The van der Waals surface area contributed by atoms with Gasteiger partial charge < -0.3 is 4.57 Å². The number of halogens is 2. The van der Waals surface area contributed by atoms with Crippen molar-refractivity contribution in [1.82, 2.24) is 4.57 Å². The lowest BCUT2D eigenvalue weighted by Gasteiger charge is -2.34. The highest BCUT2D eigenvalue weighted by atomic mass is 79.9. The van der Waals surface area contributed by atoms with E-state index in [0.29, 0.717) is 0 Å². The predicted octanol–water partition coefficient (Wildman–Crippen LogP) is 37.2. The van der Waals surface area contributed by atoms with Crippen LogP contribution in [0.25, 0.3) is 94.3 Å². The van der Waals surface area contributed by atoms with Crippen LogP contribution in [0.4, 0.5) is 0 Å². The highest BCUT2D eigenvalue weighted by molar-refractivity contribution is 9.10. The molecule has 3 heteroatoms. The Balaban J connectivity index is 1.01. The molecule has 0 amide bonds. The number of hydrogen-bond acceptors (Lipinski definition) is 0. The average Bonchev–Trinajstić information content (AvgIpc) is 1.56. The van der Waals surface area contributed by atoms with E-state index in [0.717, 1.165) is 12.8 Å². The lowest BCUT2D eigenvalue weighted by Crippen LogP contribution is -2.26. The van der Waals surface area contributed by atoms with Crippen molar-refractivity contribution in [3.63, 3.8) is 0 Å². The van der Waals surface area contributed by atoms with Crippen LogP contribution in [0.15, 0.2) is 173 Å². The molecule has 618 valence electrons. The Kier molecular flexibility index (Phi) is 30.5. The molecule has 13 rings (SSSR count). The lowest BCUT2D eigenvalue weighted by atomic mass is 9.70. The zero-order chi connectivity index (χ0) is 81.5. The van der Waals surface area contributed by atoms with Crippen molar-refractivity contribution in [3.05, 3.63) is 217 Å². The first-order valence-corrected chi connectivity index (χ1v) is 49.4. The fourth-order valence-corrected chi connectivity index (χ4v) is 22.4. The number of fused-ring (bicyclic) bond motifs is 12. The molecule has 10 aromatic rings. The van der Waals surface area contributed by atoms with Gasteiger partial charge in [-0.05, 0) is 258 Å². The zero-order valence-electron chi connectivity index (χ0n) is 74.5. The van der Waals surface area contributed by atoms with Gasteiger partial charge in [-0.3, -0.25) is 0 Å². The zero-order valence-corrected chi connectivity index (χ0v) is 77.7. The number of rotatable bonds is 46. The van der Waals surface area contributed by atoms with Crippen LogP contribution < -0.4 is 0 Å². The molecule has 0 fully saturated rings. The van der Waals surface area contributed by atoms with Crippen molar-refractivity contribution < 1.29 is 0 Å². The standard InChI is InChI=1S/C113H147Br2N/c1-13-19-25-31-37-43-65-111(66-44-38-32-26-20-14-2)101-74-82(49-57-93(101)96-60-54-90(114)79-104(96)111)85-71-86(83-50-58-94-97-61-55-91(115)80-105(97)112(102(94)75-83,67-45-39-33-27-21-15-3)68-46-40-34-28-22-16-4)73-87(72-85)84-51-59-95-98-62-56-92(81-106(98)113(103(95)76-84,69-47-41-35-29-23-17-5)70-48-42-36-30-24-18-6)116-107-63-52-88(109(7,8)9)77-99(107)100-78-89(110(10,11)12)53-64-108(100)116/h49-64,71-81H,13-48,65-70H2,1-12H3. The second kappa shape index (κ2) is 40.4. The Labute approximate surface area is 722 Å². The monoisotopic (exact) mass is 1680 g/mol. The molecule has 1 nitrogen and oxygen atoms in total. The largest absolute Gasteiger partial charge is 0.309 e. The van der Waals surface area contributed by atoms with Gasteiger partial charge in [-0.2, -0.15) is 0 Å². The molecule has 0 aliphatic heterocycles. The maximum absolute atomic E-state index is 4.10. The van der Waals surface area contributed by atoms with E-state index in [1.807, 2.05) is 0 Å². The van der Waals surface area contributed by atoms with Crippen molar-refractivity contribution in [3.8, 4) is 72.4 Å². The molecule has 0 saturated carbocycles. The van der Waals surface area contributed by atoms with Crippen LogP contribution in [0, 0.1) is 0 Å². The van der Waals surface area contributed by atoms with Gasteiger partial charge in [-0.25, -0.2) is 0 Å². The van der Waals surface area contributed by atoms with Gasteiger partial charge in [0.05, 0.1) is 11.0 Å². The SMILES string of the molecule is CCCCCCCCC1(CCCCCCCC)c2cc(Br)ccc2-c2ccc(-c3cc(-c4ccc5c(c4)C(CCCCCCCC)(CCCCCCCC)c4cc(Br)ccc4-5)cc(-c4ccc5c(c4)C(CCCCCCCC)(CCCCCCCC)c4cc(-n6c7ccc(C(C)(C)C)cc7c7cc(C(C)(C)C)ccc76)ccc4-5)c3)cc21. The Morgan fingerprint density at radius 3 is 0.750 bits per heavy atom. The van der Waals surface area contributed by atoms with Crippen LogP contribution in [0.2, 0.25) is 0 Å². The third-order valence-electron chi connectivity index (χ3n) is 28.4. The van der Waals surface area contributed by atoms with Gasteiger partial charge >= 0.3 is 0 Å². The number of aromatic nitrogens is 1. The molecule has 0 bridgehead atoms. The first kappa shape index (κ1) is 87.6. The van der Waals surface area contributed by atoms with Crippen LogP contribution in [0.1, 0.15) is 397 Å². The number of unbranched alkanes of at least 4 members (excludes halogenated alkanes) is 30. The second-order valence-corrected chi connectivity index (χ2v) is 40.7. The van der Waals surface area contributed by atoms with Crippen LogP contribution in [-0.4, -0.2) is 4.57 Å². The molecule has 3 aliphatic rings. The van der Waals surface area contributed by atoms with Crippen molar-refractivity contribution in [2.24, 2.45) is 0 Å². The average molecular weight is 1680 g/mol. The van der Waals surface area contributed by atoms with Crippen molar-refractivity contribution in [2.45, 2.75) is 380 Å². The quantitative estimate of drug-likeness (QED) is 0.0335. The van der Waals surface area contributed by atoms with Gasteiger partial charge in [-0.1, -0.05) is 413 Å². The normalized spacial score (nSPS) is 14.2. The third-order valence-corrected chi connectivity index (χ3v) is 29.4. The van der Waals surface area contributed by atoms with Gasteiger partial charge in [0.15, 0.2) is 0 Å². The molecular formula is C113H147Br2N. The number of nitrogens with zero attached hydrogens (tertiary/aromatic N) is 1. The summed E-state index contributed by atoms with van der Waals surface area (Å²) < 4.78 is 5.07. The number of hydrogen-bond donors (Lipinski definition) is 0. The Bertz CT molecular complexity index is 4620. The Morgan fingerprint density at radius 2 is 0.474 bits per heavy atom. The molecule has 9 aromatic carbocycles.